The summed E-state index contributed by atoms with van der Waals surface area (Å²) in [6, 6.07) is 4.85. The summed E-state index contributed by atoms with van der Waals surface area (Å²) in [6.07, 6.45) is -5.66. The molecule has 1 aliphatic rings. The molecule has 0 spiro atoms. The van der Waals surface area contributed by atoms with Crippen LogP contribution in [0.3, 0.4) is 0 Å². The van der Waals surface area contributed by atoms with Crippen LogP contribution in [0, 0.1) is 0 Å². The zero-order valence-electron chi connectivity index (χ0n) is 9.99. The molecule has 1 heterocycles. The van der Waals surface area contributed by atoms with Crippen LogP contribution in [0.1, 0.15) is 18.1 Å². The Labute approximate surface area is 107 Å². The Kier molecular flexibility index (Phi) is 3.26. The van der Waals surface area contributed by atoms with Gasteiger partial charge in [-0.3, -0.25) is 0 Å². The highest BCUT2D eigenvalue weighted by Crippen LogP contribution is 2.39. The van der Waals surface area contributed by atoms with E-state index in [2.05, 4.69) is 0 Å². The fourth-order valence-electron chi connectivity index (χ4n) is 1.98. The highest BCUT2D eigenvalue weighted by Gasteiger charge is 2.48. The lowest BCUT2D eigenvalue weighted by Crippen LogP contribution is -2.40. The Balaban J connectivity index is 2.57. The molecule has 2 rings (SSSR count). The van der Waals surface area contributed by atoms with Crippen molar-refractivity contribution in [2.45, 2.75) is 25.6 Å². The molecule has 1 atom stereocenters. The Bertz CT molecular complexity index is 547. The molecule has 3 nitrogen and oxygen atoms in total. The summed E-state index contributed by atoms with van der Waals surface area (Å²) in [5.74, 6) is -1.52. The molecule has 102 valence electrons. The minimum absolute atomic E-state index is 0.109. The SMILES string of the molecule is CCc1cccc2c1OC(C(F)(F)F)C(C(=O)O)=C2. The number of para-hydroxylation sites is 1. The lowest BCUT2D eigenvalue weighted by atomic mass is 9.98. The van der Waals surface area contributed by atoms with Crippen LogP contribution in [0.5, 0.6) is 5.75 Å². The number of carboxylic acids is 1. The molecular formula is C13H11F3O3. The van der Waals surface area contributed by atoms with Crippen molar-refractivity contribution >= 4 is 12.0 Å². The van der Waals surface area contributed by atoms with E-state index in [0.29, 0.717) is 17.5 Å². The van der Waals surface area contributed by atoms with Crippen LogP contribution in [-0.4, -0.2) is 23.4 Å². The van der Waals surface area contributed by atoms with E-state index in [-0.39, 0.29) is 5.75 Å². The van der Waals surface area contributed by atoms with Crippen molar-refractivity contribution in [1.29, 1.82) is 0 Å². The number of carboxylic acid groups (broad SMARTS) is 1. The molecule has 0 amide bonds. The third-order valence-electron chi connectivity index (χ3n) is 2.88. The molecule has 0 saturated heterocycles. The number of halogens is 3. The van der Waals surface area contributed by atoms with Gasteiger partial charge < -0.3 is 9.84 Å². The number of ether oxygens (including phenoxy) is 1. The molecule has 1 aromatic carbocycles. The maximum Gasteiger partial charge on any atom is 0.430 e. The number of fused-ring (bicyclic) bond motifs is 1. The zero-order chi connectivity index (χ0) is 14.2. The average molecular weight is 272 g/mol. The van der Waals surface area contributed by atoms with E-state index >= 15 is 0 Å². The van der Waals surface area contributed by atoms with Crippen molar-refractivity contribution in [2.24, 2.45) is 0 Å². The molecule has 0 radical (unpaired) electrons. The van der Waals surface area contributed by atoms with Gasteiger partial charge in [-0.15, -0.1) is 0 Å². The zero-order valence-corrected chi connectivity index (χ0v) is 9.99. The smallest absolute Gasteiger partial charge is 0.430 e. The van der Waals surface area contributed by atoms with Crippen LogP contribution in [0.2, 0.25) is 0 Å². The monoisotopic (exact) mass is 272 g/mol. The molecule has 0 saturated carbocycles. The van der Waals surface area contributed by atoms with Crippen molar-refractivity contribution in [3.63, 3.8) is 0 Å². The second-order valence-corrected chi connectivity index (χ2v) is 4.13. The van der Waals surface area contributed by atoms with E-state index in [9.17, 15) is 18.0 Å². The van der Waals surface area contributed by atoms with Gasteiger partial charge in [-0.05, 0) is 18.1 Å². The highest BCUT2D eigenvalue weighted by molar-refractivity contribution is 5.95. The molecule has 19 heavy (non-hydrogen) atoms. The Morgan fingerprint density at radius 2 is 2.11 bits per heavy atom. The van der Waals surface area contributed by atoms with Gasteiger partial charge in [-0.25, -0.2) is 4.79 Å². The van der Waals surface area contributed by atoms with Gasteiger partial charge >= 0.3 is 12.1 Å². The van der Waals surface area contributed by atoms with Crippen molar-refractivity contribution in [2.75, 3.05) is 0 Å². The summed E-state index contributed by atoms with van der Waals surface area (Å²) < 4.78 is 43.5. The second-order valence-electron chi connectivity index (χ2n) is 4.13. The first-order chi connectivity index (χ1) is 8.84. The number of aliphatic carboxylic acids is 1. The Morgan fingerprint density at radius 3 is 2.63 bits per heavy atom. The molecule has 1 aromatic rings. The van der Waals surface area contributed by atoms with E-state index in [1.54, 1.807) is 19.1 Å². The molecular weight excluding hydrogens is 261 g/mol. The van der Waals surface area contributed by atoms with Gasteiger partial charge in [0.2, 0.25) is 6.10 Å². The normalized spacial score (nSPS) is 18.3. The number of benzene rings is 1. The second kappa shape index (κ2) is 4.60. The molecule has 6 heteroatoms. The van der Waals surface area contributed by atoms with Crippen molar-refractivity contribution in [1.82, 2.24) is 0 Å². The minimum Gasteiger partial charge on any atom is -0.478 e. The minimum atomic E-state index is -4.76. The van der Waals surface area contributed by atoms with Crippen LogP contribution in [0.4, 0.5) is 13.2 Å². The number of carbonyl (C=O) groups is 1. The summed E-state index contributed by atoms with van der Waals surface area (Å²) in [5, 5.41) is 8.88. The largest absolute Gasteiger partial charge is 0.478 e. The van der Waals surface area contributed by atoms with Crippen molar-refractivity contribution in [3.05, 3.63) is 34.9 Å². The van der Waals surface area contributed by atoms with Gasteiger partial charge in [-0.2, -0.15) is 13.2 Å². The summed E-state index contributed by atoms with van der Waals surface area (Å²) in [5.41, 5.74) is 0.179. The Hall–Kier alpha value is -1.98. The number of hydrogen-bond acceptors (Lipinski definition) is 2. The highest BCUT2D eigenvalue weighted by atomic mass is 19.4. The van der Waals surface area contributed by atoms with Gasteiger partial charge in [0.1, 0.15) is 5.75 Å². The summed E-state index contributed by atoms with van der Waals surface area (Å²) in [7, 11) is 0. The van der Waals surface area contributed by atoms with Crippen molar-refractivity contribution < 1.29 is 27.8 Å². The average Bonchev–Trinajstić information content (AvgIpc) is 2.35. The number of hydrogen-bond donors (Lipinski definition) is 1. The number of rotatable bonds is 2. The van der Waals surface area contributed by atoms with E-state index in [1.807, 2.05) is 0 Å². The van der Waals surface area contributed by atoms with E-state index in [4.69, 9.17) is 9.84 Å². The molecule has 1 aliphatic heterocycles. The molecule has 0 bridgehead atoms. The van der Waals surface area contributed by atoms with Gasteiger partial charge in [-0.1, -0.05) is 25.1 Å². The fourth-order valence-corrected chi connectivity index (χ4v) is 1.98. The third-order valence-corrected chi connectivity index (χ3v) is 2.88. The van der Waals surface area contributed by atoms with Crippen LogP contribution >= 0.6 is 0 Å². The van der Waals surface area contributed by atoms with E-state index in [1.165, 1.54) is 6.07 Å². The number of aryl methyl sites for hydroxylation is 1. The lowest BCUT2D eigenvalue weighted by molar-refractivity contribution is -0.187. The molecule has 0 fully saturated rings. The predicted molar refractivity (Wildman–Crippen MR) is 61.9 cm³/mol. The molecule has 1 N–H and O–H groups in total. The summed E-state index contributed by atoms with van der Waals surface area (Å²) in [6.45, 7) is 1.79. The summed E-state index contributed by atoms with van der Waals surface area (Å²) in [4.78, 5) is 10.9. The van der Waals surface area contributed by atoms with Crippen LogP contribution in [0.15, 0.2) is 23.8 Å². The molecule has 0 aliphatic carbocycles. The van der Waals surface area contributed by atoms with Gasteiger partial charge in [0.05, 0.1) is 5.57 Å². The van der Waals surface area contributed by atoms with E-state index < -0.39 is 23.8 Å². The van der Waals surface area contributed by atoms with Crippen LogP contribution in [-0.2, 0) is 11.2 Å². The molecule has 0 aromatic heterocycles. The van der Waals surface area contributed by atoms with Crippen molar-refractivity contribution in [3.8, 4) is 5.75 Å². The predicted octanol–water partition coefficient (Wildman–Crippen LogP) is 3.04. The maximum absolute atomic E-state index is 12.9. The fraction of sp³-hybridized carbons (Fsp3) is 0.308. The van der Waals surface area contributed by atoms with Crippen LogP contribution in [0.25, 0.3) is 6.08 Å². The Morgan fingerprint density at radius 1 is 1.42 bits per heavy atom. The topological polar surface area (TPSA) is 46.5 Å². The first kappa shape index (κ1) is 13.5. The summed E-state index contributed by atoms with van der Waals surface area (Å²) >= 11 is 0. The maximum atomic E-state index is 12.9. The van der Waals surface area contributed by atoms with Gasteiger partial charge in [0.25, 0.3) is 0 Å². The van der Waals surface area contributed by atoms with Crippen LogP contribution < -0.4 is 4.74 Å². The molecule has 1 unspecified atom stereocenters. The van der Waals surface area contributed by atoms with Gasteiger partial charge in [0, 0.05) is 5.56 Å². The quantitative estimate of drug-likeness (QED) is 0.900. The first-order valence-corrected chi connectivity index (χ1v) is 5.64. The third kappa shape index (κ3) is 2.43. The number of alkyl halides is 3. The van der Waals surface area contributed by atoms with Gasteiger partial charge in [0.15, 0.2) is 0 Å². The lowest BCUT2D eigenvalue weighted by Gasteiger charge is -2.28. The first-order valence-electron chi connectivity index (χ1n) is 5.64. The van der Waals surface area contributed by atoms with E-state index in [0.717, 1.165) is 6.08 Å². The standard InChI is InChI=1S/C13H11F3O3/c1-2-7-4-3-5-8-6-9(12(17)18)11(13(14,15)16)19-10(7)8/h3-6,11H,2H2,1H3,(H,17,18).